The van der Waals surface area contributed by atoms with E-state index < -0.39 is 7.92 Å². The van der Waals surface area contributed by atoms with E-state index in [0.29, 0.717) is 0 Å². The Morgan fingerprint density at radius 1 is 0.688 bits per heavy atom. The van der Waals surface area contributed by atoms with Crippen LogP contribution in [0.4, 0.5) is 5.69 Å². The first kappa shape index (κ1) is 22.9. The molecule has 1 aromatic rings. The molecule has 0 aromatic heterocycles. The molecule has 8 fully saturated rings. The molecule has 0 N–H and O–H groups in total. The van der Waals surface area contributed by atoms with E-state index in [-0.39, 0.29) is 0 Å². The third-order valence-corrected chi connectivity index (χ3v) is 15.1. The molecule has 0 amide bonds. The number of nitrogens with zero attached hydrogens (tertiary/aromatic N) is 1. The summed E-state index contributed by atoms with van der Waals surface area (Å²) in [6.07, 6.45) is 19.2. The van der Waals surface area contributed by atoms with Crippen LogP contribution in [0.25, 0.3) is 0 Å². The van der Waals surface area contributed by atoms with Crippen LogP contribution in [0.3, 0.4) is 0 Å². The van der Waals surface area contributed by atoms with Gasteiger partial charge < -0.3 is 4.90 Å². The molecule has 0 radical (unpaired) electrons. The van der Waals surface area contributed by atoms with Gasteiger partial charge in [-0.05, 0) is 125 Å². The first-order chi connectivity index (χ1) is 15.5. The summed E-state index contributed by atoms with van der Waals surface area (Å²) in [4.78, 5) is 2.46. The normalized spacial score (nSPS) is 46.0. The van der Waals surface area contributed by atoms with Crippen LogP contribution >= 0.6 is 17.1 Å². The van der Waals surface area contributed by atoms with E-state index in [9.17, 15) is 0 Å². The summed E-state index contributed by atoms with van der Waals surface area (Å²) in [5.74, 6) is 6.48. The van der Waals surface area contributed by atoms with Crippen LogP contribution in [0.5, 0.6) is 0 Å². The first-order valence-corrected chi connectivity index (χ1v) is 17.5. The topological polar surface area (TPSA) is 3.24 Å². The van der Waals surface area contributed by atoms with Gasteiger partial charge in [-0.1, -0.05) is 12.1 Å². The average molecular weight is 655 g/mol. The van der Waals surface area contributed by atoms with Crippen LogP contribution in [0.15, 0.2) is 24.3 Å². The van der Waals surface area contributed by atoms with Gasteiger partial charge in [-0.2, -0.15) is 0 Å². The van der Waals surface area contributed by atoms with E-state index in [0.717, 1.165) is 45.8 Å². The molecule has 8 aliphatic rings. The Balaban J connectivity index is 0.000000953. The molecule has 8 aliphatic carbocycles. The number of hydrogen-bond donors (Lipinski definition) is 0. The van der Waals surface area contributed by atoms with E-state index in [1.165, 1.54) is 0 Å². The van der Waals surface area contributed by atoms with Gasteiger partial charge in [0.05, 0.1) is 16.0 Å². The summed E-state index contributed by atoms with van der Waals surface area (Å²) in [7, 11) is 8.56. The van der Waals surface area contributed by atoms with Gasteiger partial charge in [0.2, 0.25) is 0 Å². The molecule has 8 bridgehead atoms. The molecule has 0 spiro atoms. The molecule has 0 unspecified atom stereocenters. The van der Waals surface area contributed by atoms with Gasteiger partial charge in [0.25, 0.3) is 0 Å². The number of para-hydroxylation sites is 1. The maximum absolute atomic E-state index is 4.58. The van der Waals surface area contributed by atoms with Crippen molar-refractivity contribution in [2.45, 2.75) is 87.4 Å². The number of anilines is 1. The van der Waals surface area contributed by atoms with Crippen molar-refractivity contribution < 1.29 is 20.0 Å². The summed E-state index contributed by atoms with van der Waals surface area (Å²) in [5, 5.41) is 3.30. The zero-order valence-corrected chi connectivity index (χ0v) is 23.8. The van der Waals surface area contributed by atoms with Crippen LogP contribution in [0, 0.1) is 35.5 Å². The number of rotatable bonds is 4. The van der Waals surface area contributed by atoms with Crippen LogP contribution < -0.4 is 10.2 Å². The fraction of sp³-hybridized carbons (Fsp3) is 0.786. The molecule has 0 heterocycles. The van der Waals surface area contributed by atoms with Gasteiger partial charge in [-0.3, -0.25) is 0 Å². The summed E-state index contributed by atoms with van der Waals surface area (Å²) < 4.78 is 0. The van der Waals surface area contributed by atoms with Crippen molar-refractivity contribution in [3.8, 4) is 0 Å². The molecule has 180 valence electrons. The first-order valence-electron chi connectivity index (χ1n) is 13.3. The van der Waals surface area contributed by atoms with E-state index in [2.05, 4.69) is 52.5 Å². The molecule has 0 saturated heterocycles. The molecule has 0 atom stereocenters. The van der Waals surface area contributed by atoms with Crippen molar-refractivity contribution in [3.63, 3.8) is 0 Å². The Hall–Kier alpha value is 0.480. The van der Waals surface area contributed by atoms with E-state index in [4.69, 9.17) is 0 Å². The van der Waals surface area contributed by atoms with Gasteiger partial charge in [0.1, 0.15) is 5.30 Å². The van der Waals surface area contributed by atoms with Crippen molar-refractivity contribution in [1.82, 2.24) is 0 Å². The van der Waals surface area contributed by atoms with Gasteiger partial charge in [-0.15, -0.1) is 0 Å². The molecular weight excluding hydrogens is 614 g/mol. The second-order valence-electron chi connectivity index (χ2n) is 13.2. The van der Waals surface area contributed by atoms with Crippen molar-refractivity contribution in [2.75, 3.05) is 19.0 Å². The molecule has 1 nitrogen and oxygen atoms in total. The summed E-state index contributed by atoms with van der Waals surface area (Å²) in [6.45, 7) is 0. The zero-order chi connectivity index (χ0) is 22.1. The minimum atomic E-state index is -0.626. The second kappa shape index (κ2) is 8.55. The molecule has 9 rings (SSSR count). The quantitative estimate of drug-likeness (QED) is 0.245. The van der Waals surface area contributed by atoms with Crippen LogP contribution in [0.2, 0.25) is 0 Å². The van der Waals surface area contributed by atoms with Crippen LogP contribution in [-0.4, -0.2) is 24.4 Å². The Kier molecular flexibility index (Phi) is 6.12. The summed E-state index contributed by atoms with van der Waals surface area (Å²) in [5.41, 5.74) is 1.58. The van der Waals surface area contributed by atoms with Gasteiger partial charge in [-0.25, -0.2) is 0 Å². The fourth-order valence-electron chi connectivity index (χ4n) is 11.0. The minimum absolute atomic E-state index is 0.626. The van der Waals surface area contributed by atoms with Crippen molar-refractivity contribution in [2.24, 2.45) is 35.5 Å². The molecule has 1 aromatic carbocycles. The van der Waals surface area contributed by atoms with E-state index in [1.807, 2.05) is 5.30 Å². The Labute approximate surface area is 213 Å². The van der Waals surface area contributed by atoms with Crippen LogP contribution in [0.1, 0.15) is 77.0 Å². The van der Waals surface area contributed by atoms with Crippen LogP contribution in [-0.2, 0) is 20.0 Å². The monoisotopic (exact) mass is 654 g/mol. The third-order valence-electron chi connectivity index (χ3n) is 10.8. The number of benzene rings is 1. The molecule has 32 heavy (non-hydrogen) atoms. The summed E-state index contributed by atoms with van der Waals surface area (Å²) >= 11 is 1.75. The predicted molar refractivity (Wildman–Crippen MR) is 136 cm³/mol. The molecule has 4 heteroatoms. The number of halogens is 1. The summed E-state index contributed by atoms with van der Waals surface area (Å²) in [6, 6.07) is 9.79. The van der Waals surface area contributed by atoms with Gasteiger partial charge in [0, 0.05) is 22.0 Å². The second-order valence-corrected chi connectivity index (χ2v) is 16.6. The van der Waals surface area contributed by atoms with Gasteiger partial charge >= 0.3 is 29.2 Å². The van der Waals surface area contributed by atoms with E-state index in [1.54, 1.807) is 103 Å². The fourth-order valence-corrected chi connectivity index (χ4v) is 17.1. The van der Waals surface area contributed by atoms with Crippen molar-refractivity contribution >= 4 is 28.1 Å². The molecule has 0 aliphatic heterocycles. The third kappa shape index (κ3) is 3.63. The van der Waals surface area contributed by atoms with Gasteiger partial charge in [0.15, 0.2) is 0 Å². The number of hydrogen-bond acceptors (Lipinski definition) is 1. The van der Waals surface area contributed by atoms with Crippen molar-refractivity contribution in [3.05, 3.63) is 24.3 Å². The molecular formula is C28H41AuClNP+. The Morgan fingerprint density at radius 2 is 1.03 bits per heavy atom. The Bertz CT molecular complexity index is 739. The van der Waals surface area contributed by atoms with E-state index >= 15 is 0 Å². The SMILES string of the molecule is CN(C)c1ccccc1[PH+](C12CC3CC(CC(C3)C1)C2)C12CC3CC(CC(C3)C1)C2.[Cl][Au]. The standard InChI is InChI=1S/C28H40NP.Au.ClH/c1-29(2)25-5-3-4-6-26(25)30(27-13-19-7-20(14-27)9-21(8-19)15-27)28-16-22-10-23(17-28)12-24(11-22)18-28;;/h3-6,19-24H,7-18H2,1-2H3;;1H/q;+1;. The maximum atomic E-state index is 4.58. The average Bonchev–Trinajstić information content (AvgIpc) is 2.73. The van der Waals surface area contributed by atoms with Crippen molar-refractivity contribution in [1.29, 1.82) is 0 Å². The predicted octanol–water partition coefficient (Wildman–Crippen LogP) is 7.22. The zero-order valence-electron chi connectivity index (χ0n) is 19.9. The Morgan fingerprint density at radius 3 is 1.38 bits per heavy atom. The molecule has 8 saturated carbocycles.